The average Bonchev–Trinajstić information content (AvgIpc) is 2.23. The lowest BCUT2D eigenvalue weighted by Gasteiger charge is -2.47. The molecule has 0 radical (unpaired) electrons. The van der Waals surface area contributed by atoms with Crippen LogP contribution in [0.3, 0.4) is 0 Å². The van der Waals surface area contributed by atoms with Gasteiger partial charge in [-0.2, -0.15) is 0 Å². The summed E-state index contributed by atoms with van der Waals surface area (Å²) in [6, 6.07) is 0.874. The predicted molar refractivity (Wildman–Crippen MR) is 88.1 cm³/mol. The molecule has 0 heterocycles. The summed E-state index contributed by atoms with van der Waals surface area (Å²) in [7, 11) is 2.36. The molecule has 2 unspecified atom stereocenters. The molecule has 0 aromatic carbocycles. The van der Waals surface area contributed by atoms with Crippen LogP contribution < -0.4 is 5.32 Å². The van der Waals surface area contributed by atoms with Crippen LogP contribution in [0.25, 0.3) is 0 Å². The number of hydrogen-bond acceptors (Lipinski definition) is 2. The standard InChI is InChI=1S/C18H36N2/c1-15-8-7-11-18(12-15,13-19-17(2,3)4)14-20(5)16-9-6-10-16/h15-16,19H,6-14H2,1-5H3. The van der Waals surface area contributed by atoms with Crippen molar-refractivity contribution in [1.29, 1.82) is 0 Å². The summed E-state index contributed by atoms with van der Waals surface area (Å²) >= 11 is 0. The van der Waals surface area contributed by atoms with Crippen LogP contribution in [-0.2, 0) is 0 Å². The molecule has 0 aliphatic heterocycles. The minimum atomic E-state index is 0.239. The molecule has 2 atom stereocenters. The van der Waals surface area contributed by atoms with Crippen LogP contribution in [-0.4, -0.2) is 36.6 Å². The predicted octanol–water partition coefficient (Wildman–Crippen LogP) is 4.06. The van der Waals surface area contributed by atoms with Crippen molar-refractivity contribution in [2.75, 3.05) is 20.1 Å². The van der Waals surface area contributed by atoms with Gasteiger partial charge < -0.3 is 10.2 Å². The van der Waals surface area contributed by atoms with E-state index in [0.717, 1.165) is 12.0 Å². The van der Waals surface area contributed by atoms with Crippen molar-refractivity contribution < 1.29 is 0 Å². The summed E-state index contributed by atoms with van der Waals surface area (Å²) in [5.41, 5.74) is 0.748. The van der Waals surface area contributed by atoms with Crippen LogP contribution >= 0.6 is 0 Å². The van der Waals surface area contributed by atoms with E-state index in [1.165, 1.54) is 58.0 Å². The Morgan fingerprint density at radius 2 is 1.85 bits per heavy atom. The van der Waals surface area contributed by atoms with Crippen LogP contribution in [0.2, 0.25) is 0 Å². The van der Waals surface area contributed by atoms with Crippen LogP contribution in [0.1, 0.15) is 72.6 Å². The van der Waals surface area contributed by atoms with Crippen molar-refractivity contribution in [3.8, 4) is 0 Å². The van der Waals surface area contributed by atoms with Gasteiger partial charge in [0.15, 0.2) is 0 Å². The number of nitrogens with zero attached hydrogens (tertiary/aromatic N) is 1. The summed E-state index contributed by atoms with van der Waals surface area (Å²) < 4.78 is 0. The van der Waals surface area contributed by atoms with Gasteiger partial charge in [-0.3, -0.25) is 0 Å². The van der Waals surface area contributed by atoms with Gasteiger partial charge in [0.25, 0.3) is 0 Å². The van der Waals surface area contributed by atoms with Gasteiger partial charge in [0.05, 0.1) is 0 Å². The Labute approximate surface area is 126 Å². The zero-order valence-corrected chi connectivity index (χ0v) is 14.5. The first kappa shape index (κ1) is 16.3. The van der Waals surface area contributed by atoms with Gasteiger partial charge in [-0.15, -0.1) is 0 Å². The van der Waals surface area contributed by atoms with E-state index in [2.05, 4.69) is 45.0 Å². The monoisotopic (exact) mass is 280 g/mol. The summed E-state index contributed by atoms with van der Waals surface area (Å²) in [5, 5.41) is 3.81. The van der Waals surface area contributed by atoms with Crippen molar-refractivity contribution in [1.82, 2.24) is 10.2 Å². The largest absolute Gasteiger partial charge is 0.311 e. The van der Waals surface area contributed by atoms with E-state index in [1.807, 2.05) is 0 Å². The van der Waals surface area contributed by atoms with Crippen LogP contribution in [0.4, 0.5) is 0 Å². The second-order valence-corrected chi connectivity index (χ2v) is 8.80. The van der Waals surface area contributed by atoms with E-state index in [4.69, 9.17) is 0 Å². The number of rotatable bonds is 5. The summed E-state index contributed by atoms with van der Waals surface area (Å²) in [6.45, 7) is 11.8. The highest BCUT2D eigenvalue weighted by molar-refractivity contribution is 4.93. The van der Waals surface area contributed by atoms with E-state index in [0.29, 0.717) is 5.41 Å². The van der Waals surface area contributed by atoms with Gasteiger partial charge in [-0.25, -0.2) is 0 Å². The molecule has 2 heteroatoms. The van der Waals surface area contributed by atoms with Gasteiger partial charge in [0.2, 0.25) is 0 Å². The molecular formula is C18H36N2. The van der Waals surface area contributed by atoms with E-state index >= 15 is 0 Å². The molecule has 0 spiro atoms. The molecule has 0 aromatic heterocycles. The SMILES string of the molecule is CC1CCCC(CNC(C)(C)C)(CN(C)C2CCC2)C1. The van der Waals surface area contributed by atoms with Gasteiger partial charge in [-0.05, 0) is 64.8 Å². The zero-order valence-electron chi connectivity index (χ0n) is 14.5. The summed E-state index contributed by atoms with van der Waals surface area (Å²) in [4.78, 5) is 2.67. The Balaban J connectivity index is 1.98. The van der Waals surface area contributed by atoms with E-state index in [1.54, 1.807) is 0 Å². The van der Waals surface area contributed by atoms with Crippen molar-refractivity contribution in [3.63, 3.8) is 0 Å². The number of nitrogens with one attached hydrogen (secondary N) is 1. The molecule has 0 bridgehead atoms. The fourth-order valence-electron chi connectivity index (χ4n) is 4.07. The highest BCUT2D eigenvalue weighted by Gasteiger charge is 2.38. The maximum Gasteiger partial charge on any atom is 0.00967 e. The Hall–Kier alpha value is -0.0800. The molecule has 0 aromatic rings. The minimum Gasteiger partial charge on any atom is -0.311 e. The lowest BCUT2D eigenvalue weighted by molar-refractivity contribution is 0.0470. The third kappa shape index (κ3) is 4.46. The Bertz CT molecular complexity index is 303. The molecule has 0 saturated heterocycles. The molecule has 2 saturated carbocycles. The van der Waals surface area contributed by atoms with Crippen molar-refractivity contribution >= 4 is 0 Å². The van der Waals surface area contributed by atoms with Crippen LogP contribution in [0.5, 0.6) is 0 Å². The number of hydrogen-bond donors (Lipinski definition) is 1. The van der Waals surface area contributed by atoms with E-state index in [-0.39, 0.29) is 5.54 Å². The Morgan fingerprint density at radius 1 is 1.15 bits per heavy atom. The van der Waals surface area contributed by atoms with Gasteiger partial charge in [0, 0.05) is 24.7 Å². The van der Waals surface area contributed by atoms with E-state index in [9.17, 15) is 0 Å². The second-order valence-electron chi connectivity index (χ2n) is 8.80. The molecule has 1 N–H and O–H groups in total. The molecule has 20 heavy (non-hydrogen) atoms. The quantitative estimate of drug-likeness (QED) is 0.817. The second kappa shape index (κ2) is 6.36. The lowest BCUT2D eigenvalue weighted by Crippen LogP contribution is -2.52. The van der Waals surface area contributed by atoms with E-state index < -0.39 is 0 Å². The Kier molecular flexibility index (Phi) is 5.18. The fraction of sp³-hybridized carbons (Fsp3) is 1.00. The van der Waals surface area contributed by atoms with Crippen molar-refractivity contribution in [2.45, 2.75) is 84.2 Å². The molecule has 2 nitrogen and oxygen atoms in total. The normalized spacial score (nSPS) is 32.4. The first-order valence-electron chi connectivity index (χ1n) is 8.75. The lowest BCUT2D eigenvalue weighted by atomic mass is 9.69. The molecule has 2 fully saturated rings. The van der Waals surface area contributed by atoms with Gasteiger partial charge in [0.1, 0.15) is 0 Å². The maximum atomic E-state index is 3.81. The third-order valence-corrected chi connectivity index (χ3v) is 5.46. The fourth-order valence-corrected chi connectivity index (χ4v) is 4.07. The molecule has 0 amide bonds. The molecule has 118 valence electrons. The minimum absolute atomic E-state index is 0.239. The first-order chi connectivity index (χ1) is 9.30. The maximum absolute atomic E-state index is 3.81. The molecular weight excluding hydrogens is 244 g/mol. The average molecular weight is 281 g/mol. The van der Waals surface area contributed by atoms with Gasteiger partial charge >= 0.3 is 0 Å². The highest BCUT2D eigenvalue weighted by atomic mass is 15.1. The van der Waals surface area contributed by atoms with Gasteiger partial charge in [-0.1, -0.05) is 26.2 Å². The highest BCUT2D eigenvalue weighted by Crippen LogP contribution is 2.41. The molecule has 2 aliphatic rings. The van der Waals surface area contributed by atoms with Crippen molar-refractivity contribution in [3.05, 3.63) is 0 Å². The topological polar surface area (TPSA) is 15.3 Å². The smallest absolute Gasteiger partial charge is 0.00967 e. The summed E-state index contributed by atoms with van der Waals surface area (Å²) in [5.74, 6) is 0.903. The van der Waals surface area contributed by atoms with Crippen LogP contribution in [0.15, 0.2) is 0 Å². The summed E-state index contributed by atoms with van der Waals surface area (Å²) in [6.07, 6.45) is 9.98. The van der Waals surface area contributed by atoms with Crippen LogP contribution in [0, 0.1) is 11.3 Å². The molecule has 2 aliphatic carbocycles. The molecule has 2 rings (SSSR count). The van der Waals surface area contributed by atoms with Crippen molar-refractivity contribution in [2.24, 2.45) is 11.3 Å². The zero-order chi connectivity index (χ0) is 14.8. The third-order valence-electron chi connectivity index (χ3n) is 5.46. The first-order valence-corrected chi connectivity index (χ1v) is 8.75. The Morgan fingerprint density at radius 3 is 2.35 bits per heavy atom.